The van der Waals surface area contributed by atoms with Gasteiger partial charge >= 0.3 is 0 Å². The van der Waals surface area contributed by atoms with Crippen molar-refractivity contribution in [1.29, 1.82) is 0 Å². The maximum atomic E-state index is 9.98. The normalized spacial score (nSPS) is 15.2. The molecular formula is C15H20O. The third-order valence-corrected chi connectivity index (χ3v) is 2.72. The van der Waals surface area contributed by atoms with E-state index in [1.54, 1.807) is 0 Å². The fraction of sp³-hybridized carbons (Fsp3) is 0.333. The van der Waals surface area contributed by atoms with Crippen molar-refractivity contribution in [3.63, 3.8) is 0 Å². The van der Waals surface area contributed by atoms with E-state index in [2.05, 4.69) is 20.4 Å². The molecule has 0 aliphatic carbocycles. The van der Waals surface area contributed by atoms with Crippen LogP contribution in [0.15, 0.2) is 49.1 Å². The van der Waals surface area contributed by atoms with E-state index in [0.29, 0.717) is 5.92 Å². The maximum absolute atomic E-state index is 9.98. The van der Waals surface area contributed by atoms with Crippen LogP contribution >= 0.6 is 0 Å². The van der Waals surface area contributed by atoms with Crippen molar-refractivity contribution in [3.8, 4) is 0 Å². The van der Waals surface area contributed by atoms with Gasteiger partial charge in [0.05, 0.1) is 6.10 Å². The van der Waals surface area contributed by atoms with Gasteiger partial charge < -0.3 is 5.11 Å². The fourth-order valence-corrected chi connectivity index (χ4v) is 1.71. The Morgan fingerprint density at radius 3 is 2.31 bits per heavy atom. The molecule has 0 amide bonds. The molecule has 1 nitrogen and oxygen atoms in total. The summed E-state index contributed by atoms with van der Waals surface area (Å²) >= 11 is 0. The van der Waals surface area contributed by atoms with Gasteiger partial charge in [0, 0.05) is 5.92 Å². The molecule has 86 valence electrons. The van der Waals surface area contributed by atoms with Gasteiger partial charge in [-0.05, 0) is 11.5 Å². The molecule has 16 heavy (non-hydrogen) atoms. The van der Waals surface area contributed by atoms with Crippen molar-refractivity contribution in [3.05, 3.63) is 54.6 Å². The van der Waals surface area contributed by atoms with E-state index in [0.717, 1.165) is 5.56 Å². The molecule has 1 rings (SSSR count). The van der Waals surface area contributed by atoms with Gasteiger partial charge in [0.2, 0.25) is 0 Å². The van der Waals surface area contributed by atoms with Crippen LogP contribution in [0.4, 0.5) is 0 Å². The highest BCUT2D eigenvalue weighted by Crippen LogP contribution is 2.18. The molecule has 1 aromatic carbocycles. The van der Waals surface area contributed by atoms with E-state index in [4.69, 9.17) is 0 Å². The number of hydrogen-bond donors (Lipinski definition) is 1. The topological polar surface area (TPSA) is 20.2 Å². The smallest absolute Gasteiger partial charge is 0.0789 e. The van der Waals surface area contributed by atoms with Crippen molar-refractivity contribution in [2.45, 2.75) is 20.0 Å². The first kappa shape index (κ1) is 12.7. The number of aliphatic hydroxyl groups is 1. The Morgan fingerprint density at radius 1 is 1.19 bits per heavy atom. The lowest BCUT2D eigenvalue weighted by atomic mass is 9.90. The summed E-state index contributed by atoms with van der Waals surface area (Å²) < 4.78 is 0. The van der Waals surface area contributed by atoms with Crippen LogP contribution < -0.4 is 0 Å². The van der Waals surface area contributed by atoms with Gasteiger partial charge in [-0.15, -0.1) is 6.58 Å². The molecule has 0 saturated carbocycles. The van der Waals surface area contributed by atoms with E-state index in [-0.39, 0.29) is 5.92 Å². The molecule has 2 unspecified atom stereocenters. The molecule has 0 bridgehead atoms. The number of benzene rings is 1. The molecule has 0 saturated heterocycles. The zero-order valence-corrected chi connectivity index (χ0v) is 10.0. The molecule has 0 aliphatic rings. The quantitative estimate of drug-likeness (QED) is 0.747. The molecule has 0 heterocycles. The third-order valence-electron chi connectivity index (χ3n) is 2.72. The largest absolute Gasteiger partial charge is 0.388 e. The Bertz CT molecular complexity index is 338. The first-order valence-corrected chi connectivity index (χ1v) is 5.69. The second-order valence-electron chi connectivity index (χ2n) is 4.32. The monoisotopic (exact) mass is 216 g/mol. The summed E-state index contributed by atoms with van der Waals surface area (Å²) in [7, 11) is 0. The second-order valence-corrected chi connectivity index (χ2v) is 4.32. The number of hydrogen-bond acceptors (Lipinski definition) is 1. The molecule has 0 spiro atoms. The lowest BCUT2D eigenvalue weighted by molar-refractivity contribution is 0.152. The first-order chi connectivity index (χ1) is 7.65. The van der Waals surface area contributed by atoms with Gasteiger partial charge in [-0.3, -0.25) is 0 Å². The summed E-state index contributed by atoms with van der Waals surface area (Å²) in [5, 5.41) is 9.98. The van der Waals surface area contributed by atoms with E-state index in [1.165, 1.54) is 0 Å². The van der Waals surface area contributed by atoms with Crippen molar-refractivity contribution < 1.29 is 5.11 Å². The Labute approximate surface area is 98.1 Å². The molecule has 1 heteroatoms. The summed E-state index contributed by atoms with van der Waals surface area (Å²) in [5.41, 5.74) is 1.10. The van der Waals surface area contributed by atoms with Crippen LogP contribution in [0.2, 0.25) is 0 Å². The molecule has 0 aromatic heterocycles. The summed E-state index contributed by atoms with van der Waals surface area (Å²) in [6.45, 7) is 7.94. The van der Waals surface area contributed by atoms with Crippen molar-refractivity contribution in [2.24, 2.45) is 11.8 Å². The highest BCUT2D eigenvalue weighted by molar-refractivity contribution is 5.49. The summed E-state index contributed by atoms with van der Waals surface area (Å²) in [6.07, 6.45) is 5.15. The van der Waals surface area contributed by atoms with E-state index in [1.807, 2.05) is 48.6 Å². The van der Waals surface area contributed by atoms with E-state index < -0.39 is 6.10 Å². The van der Waals surface area contributed by atoms with Crippen LogP contribution in [-0.2, 0) is 0 Å². The zero-order valence-electron chi connectivity index (χ0n) is 10.0. The van der Waals surface area contributed by atoms with Crippen molar-refractivity contribution in [1.82, 2.24) is 0 Å². The molecule has 0 aliphatic heterocycles. The predicted molar refractivity (Wildman–Crippen MR) is 70.0 cm³/mol. The Hall–Kier alpha value is -1.34. The van der Waals surface area contributed by atoms with Gasteiger partial charge in [0.25, 0.3) is 0 Å². The Morgan fingerprint density at radius 2 is 1.81 bits per heavy atom. The number of rotatable bonds is 5. The average Bonchev–Trinajstić information content (AvgIpc) is 2.28. The molecule has 2 atom stereocenters. The standard InChI is InChI=1S/C15H20O/c1-4-14(12(2)3)15(16)11-10-13-8-6-5-7-9-13/h4-12,14-16H,1H2,2-3H3. The third kappa shape index (κ3) is 3.67. The van der Waals surface area contributed by atoms with Crippen LogP contribution in [0.1, 0.15) is 19.4 Å². The second kappa shape index (κ2) is 6.29. The van der Waals surface area contributed by atoms with Crippen LogP contribution in [0, 0.1) is 11.8 Å². The van der Waals surface area contributed by atoms with Crippen molar-refractivity contribution in [2.75, 3.05) is 0 Å². The molecular weight excluding hydrogens is 196 g/mol. The molecule has 0 fully saturated rings. The van der Waals surface area contributed by atoms with Crippen LogP contribution in [0.5, 0.6) is 0 Å². The lowest BCUT2D eigenvalue weighted by Crippen LogP contribution is -2.20. The van der Waals surface area contributed by atoms with Gasteiger partial charge in [0.1, 0.15) is 0 Å². The minimum atomic E-state index is -0.460. The minimum absolute atomic E-state index is 0.111. The Balaban J connectivity index is 2.66. The van der Waals surface area contributed by atoms with Crippen LogP contribution in [0.25, 0.3) is 6.08 Å². The SMILES string of the molecule is C=CC(C(C)C)C(O)C=Cc1ccccc1. The Kier molecular flexibility index (Phi) is 5.00. The van der Waals surface area contributed by atoms with Gasteiger partial charge in [-0.25, -0.2) is 0 Å². The molecule has 0 radical (unpaired) electrons. The fourth-order valence-electron chi connectivity index (χ4n) is 1.71. The van der Waals surface area contributed by atoms with Crippen LogP contribution in [0.3, 0.4) is 0 Å². The van der Waals surface area contributed by atoms with Crippen molar-refractivity contribution >= 4 is 6.08 Å². The van der Waals surface area contributed by atoms with Gasteiger partial charge in [-0.1, -0.05) is 62.4 Å². The number of aliphatic hydroxyl groups excluding tert-OH is 1. The molecule has 1 N–H and O–H groups in total. The summed E-state index contributed by atoms with van der Waals surface area (Å²) in [6, 6.07) is 9.98. The summed E-state index contributed by atoms with van der Waals surface area (Å²) in [5.74, 6) is 0.507. The maximum Gasteiger partial charge on any atom is 0.0789 e. The predicted octanol–water partition coefficient (Wildman–Crippen LogP) is 3.52. The van der Waals surface area contributed by atoms with Crippen LogP contribution in [-0.4, -0.2) is 11.2 Å². The van der Waals surface area contributed by atoms with Gasteiger partial charge in [-0.2, -0.15) is 0 Å². The van der Waals surface area contributed by atoms with Gasteiger partial charge in [0.15, 0.2) is 0 Å². The van der Waals surface area contributed by atoms with E-state index in [9.17, 15) is 5.11 Å². The zero-order chi connectivity index (χ0) is 12.0. The summed E-state index contributed by atoms with van der Waals surface area (Å²) in [4.78, 5) is 0. The minimum Gasteiger partial charge on any atom is -0.388 e. The van der Waals surface area contributed by atoms with E-state index >= 15 is 0 Å². The highest BCUT2D eigenvalue weighted by Gasteiger charge is 2.16. The molecule has 1 aromatic rings. The average molecular weight is 216 g/mol. The first-order valence-electron chi connectivity index (χ1n) is 5.69. The highest BCUT2D eigenvalue weighted by atomic mass is 16.3. The lowest BCUT2D eigenvalue weighted by Gasteiger charge is -2.20.